The molecule has 116 valence electrons. The molecule has 0 aliphatic heterocycles. The number of rotatable bonds is 6. The van der Waals surface area contributed by atoms with Gasteiger partial charge in [0.15, 0.2) is 0 Å². The van der Waals surface area contributed by atoms with Crippen molar-refractivity contribution in [3.05, 3.63) is 35.1 Å². The van der Waals surface area contributed by atoms with Gasteiger partial charge in [-0.2, -0.15) is 0 Å². The number of hydrogen-bond acceptors (Lipinski definition) is 3. The number of nitrogens with zero attached hydrogens (tertiary/aromatic N) is 1. The summed E-state index contributed by atoms with van der Waals surface area (Å²) in [6.45, 7) is 7.38. The van der Waals surface area contributed by atoms with Gasteiger partial charge in [0.05, 0.1) is 12.2 Å². The lowest BCUT2D eigenvalue weighted by Crippen LogP contribution is -2.38. The molecule has 0 bridgehead atoms. The molecule has 0 heterocycles. The van der Waals surface area contributed by atoms with Gasteiger partial charge in [-0.1, -0.05) is 18.8 Å². The van der Waals surface area contributed by atoms with Crippen LogP contribution in [0.15, 0.2) is 18.2 Å². The molecule has 0 saturated heterocycles. The quantitative estimate of drug-likeness (QED) is 0.790. The highest BCUT2D eigenvalue weighted by Crippen LogP contribution is 2.13. The smallest absolute Gasteiger partial charge is 0.124 e. The van der Waals surface area contributed by atoms with Crippen molar-refractivity contribution >= 4 is 0 Å². The van der Waals surface area contributed by atoms with Crippen LogP contribution in [0.3, 0.4) is 0 Å². The standard InChI is InChI=1S/C17H24FNO2/c1-4-19(13-17(2,3)21)12-15-9-14(7-5-6-8-20)10-16(18)11-15/h9-11,20-21H,4,6,8,12-13H2,1-3H3. The van der Waals surface area contributed by atoms with E-state index in [2.05, 4.69) is 16.7 Å². The first-order chi connectivity index (χ1) is 9.84. The van der Waals surface area contributed by atoms with E-state index in [1.807, 2.05) is 13.0 Å². The highest BCUT2D eigenvalue weighted by atomic mass is 19.1. The van der Waals surface area contributed by atoms with Crippen molar-refractivity contribution in [1.29, 1.82) is 0 Å². The van der Waals surface area contributed by atoms with Gasteiger partial charge in [0.1, 0.15) is 5.82 Å². The minimum atomic E-state index is -0.785. The summed E-state index contributed by atoms with van der Waals surface area (Å²) in [6.07, 6.45) is 0.381. The molecule has 0 spiro atoms. The van der Waals surface area contributed by atoms with Crippen molar-refractivity contribution in [3.63, 3.8) is 0 Å². The molecule has 0 radical (unpaired) electrons. The van der Waals surface area contributed by atoms with E-state index in [9.17, 15) is 9.50 Å². The summed E-state index contributed by atoms with van der Waals surface area (Å²) in [5, 5.41) is 18.6. The predicted octanol–water partition coefficient (Wildman–Crippen LogP) is 2.15. The normalized spacial score (nSPS) is 11.4. The maximum Gasteiger partial charge on any atom is 0.124 e. The van der Waals surface area contributed by atoms with E-state index in [1.54, 1.807) is 13.8 Å². The van der Waals surface area contributed by atoms with E-state index in [4.69, 9.17) is 5.11 Å². The minimum absolute atomic E-state index is 0.00433. The fourth-order valence-electron chi connectivity index (χ4n) is 2.12. The van der Waals surface area contributed by atoms with Gasteiger partial charge >= 0.3 is 0 Å². The first-order valence-corrected chi connectivity index (χ1v) is 7.18. The lowest BCUT2D eigenvalue weighted by atomic mass is 10.1. The fraction of sp³-hybridized carbons (Fsp3) is 0.529. The van der Waals surface area contributed by atoms with Gasteiger partial charge in [-0.3, -0.25) is 4.90 Å². The van der Waals surface area contributed by atoms with Crippen LogP contribution in [0.5, 0.6) is 0 Å². The van der Waals surface area contributed by atoms with Crippen LogP contribution in [-0.2, 0) is 6.54 Å². The first kappa shape index (κ1) is 17.6. The van der Waals surface area contributed by atoms with Gasteiger partial charge in [0.25, 0.3) is 0 Å². The van der Waals surface area contributed by atoms with E-state index >= 15 is 0 Å². The van der Waals surface area contributed by atoms with Crippen LogP contribution >= 0.6 is 0 Å². The van der Waals surface area contributed by atoms with Gasteiger partial charge in [-0.05, 0) is 44.2 Å². The van der Waals surface area contributed by atoms with Gasteiger partial charge in [-0.25, -0.2) is 4.39 Å². The van der Waals surface area contributed by atoms with Crippen LogP contribution in [0.1, 0.15) is 38.3 Å². The molecular weight excluding hydrogens is 269 g/mol. The van der Waals surface area contributed by atoms with Crippen LogP contribution in [-0.4, -0.2) is 40.4 Å². The summed E-state index contributed by atoms with van der Waals surface area (Å²) in [7, 11) is 0. The molecule has 3 nitrogen and oxygen atoms in total. The summed E-state index contributed by atoms with van der Waals surface area (Å²) in [4.78, 5) is 2.06. The summed E-state index contributed by atoms with van der Waals surface area (Å²) in [6, 6.07) is 4.73. The average Bonchev–Trinajstić information content (AvgIpc) is 2.36. The molecule has 4 heteroatoms. The zero-order valence-electron chi connectivity index (χ0n) is 13.0. The summed E-state index contributed by atoms with van der Waals surface area (Å²) in [5.41, 5.74) is 0.653. The summed E-state index contributed by atoms with van der Waals surface area (Å²) < 4.78 is 13.6. The maximum absolute atomic E-state index is 13.6. The number of benzene rings is 1. The zero-order chi connectivity index (χ0) is 15.9. The van der Waals surface area contributed by atoms with Crippen LogP contribution in [0.4, 0.5) is 4.39 Å². The van der Waals surface area contributed by atoms with Crippen LogP contribution in [0, 0.1) is 17.7 Å². The number of aliphatic hydroxyl groups is 2. The van der Waals surface area contributed by atoms with Gasteiger partial charge in [-0.15, -0.1) is 0 Å². The third-order valence-corrected chi connectivity index (χ3v) is 2.89. The molecule has 0 aliphatic rings. The molecule has 0 amide bonds. The highest BCUT2D eigenvalue weighted by Gasteiger charge is 2.17. The molecular formula is C17H24FNO2. The monoisotopic (exact) mass is 293 g/mol. The number of halogens is 1. The molecule has 2 N–H and O–H groups in total. The number of likely N-dealkylation sites (N-methyl/N-ethyl adjacent to an activating group) is 1. The lowest BCUT2D eigenvalue weighted by molar-refractivity contribution is 0.0353. The highest BCUT2D eigenvalue weighted by molar-refractivity contribution is 5.37. The molecule has 0 aromatic heterocycles. The Morgan fingerprint density at radius 3 is 2.57 bits per heavy atom. The second-order valence-electron chi connectivity index (χ2n) is 5.74. The number of hydrogen-bond donors (Lipinski definition) is 2. The molecule has 21 heavy (non-hydrogen) atoms. The molecule has 0 aliphatic carbocycles. The first-order valence-electron chi connectivity index (χ1n) is 7.18. The van der Waals surface area contributed by atoms with E-state index < -0.39 is 5.60 Å². The fourth-order valence-corrected chi connectivity index (χ4v) is 2.12. The largest absolute Gasteiger partial charge is 0.395 e. The van der Waals surface area contributed by atoms with Gasteiger partial charge < -0.3 is 10.2 Å². The van der Waals surface area contributed by atoms with E-state index in [-0.39, 0.29) is 12.4 Å². The van der Waals surface area contributed by atoms with Crippen molar-refractivity contribution in [2.45, 2.75) is 39.3 Å². The molecule has 0 atom stereocenters. The number of aliphatic hydroxyl groups excluding tert-OH is 1. The van der Waals surface area contributed by atoms with Crippen molar-refractivity contribution in [2.24, 2.45) is 0 Å². The SMILES string of the molecule is CCN(Cc1cc(F)cc(C#CCCO)c1)CC(C)(C)O. The Kier molecular flexibility index (Phi) is 6.83. The maximum atomic E-state index is 13.6. The molecule has 0 unspecified atom stereocenters. The zero-order valence-corrected chi connectivity index (χ0v) is 13.0. The third kappa shape index (κ3) is 7.24. The van der Waals surface area contributed by atoms with Crippen molar-refractivity contribution in [1.82, 2.24) is 4.90 Å². The van der Waals surface area contributed by atoms with E-state index in [0.29, 0.717) is 25.1 Å². The molecule has 0 saturated carbocycles. The second-order valence-corrected chi connectivity index (χ2v) is 5.74. The molecule has 1 rings (SSSR count). The summed E-state index contributed by atoms with van der Waals surface area (Å²) >= 11 is 0. The third-order valence-electron chi connectivity index (χ3n) is 2.89. The van der Waals surface area contributed by atoms with Crippen LogP contribution < -0.4 is 0 Å². The summed E-state index contributed by atoms with van der Waals surface area (Å²) in [5.74, 6) is 5.32. The Hall–Kier alpha value is -1.41. The van der Waals surface area contributed by atoms with Gasteiger partial charge in [0.2, 0.25) is 0 Å². The van der Waals surface area contributed by atoms with Crippen LogP contribution in [0.2, 0.25) is 0 Å². The molecule has 1 aromatic carbocycles. The Morgan fingerprint density at radius 2 is 2.00 bits per heavy atom. The van der Waals surface area contributed by atoms with E-state index in [1.165, 1.54) is 12.1 Å². The second kappa shape index (κ2) is 8.14. The Morgan fingerprint density at radius 1 is 1.29 bits per heavy atom. The lowest BCUT2D eigenvalue weighted by Gasteiger charge is -2.28. The van der Waals surface area contributed by atoms with Crippen LogP contribution in [0.25, 0.3) is 0 Å². The Bertz CT molecular complexity index is 512. The van der Waals surface area contributed by atoms with E-state index in [0.717, 1.165) is 12.1 Å². The Balaban J connectivity index is 2.85. The molecule has 0 fully saturated rings. The minimum Gasteiger partial charge on any atom is -0.395 e. The Labute approximate surface area is 126 Å². The topological polar surface area (TPSA) is 43.7 Å². The van der Waals surface area contributed by atoms with Gasteiger partial charge in [0, 0.05) is 25.1 Å². The van der Waals surface area contributed by atoms with Crippen molar-refractivity contribution in [3.8, 4) is 11.8 Å². The average molecular weight is 293 g/mol. The van der Waals surface area contributed by atoms with Crippen molar-refractivity contribution < 1.29 is 14.6 Å². The van der Waals surface area contributed by atoms with Crippen molar-refractivity contribution in [2.75, 3.05) is 19.7 Å². The molecule has 1 aromatic rings. The predicted molar refractivity (Wildman–Crippen MR) is 82.2 cm³/mol.